The van der Waals surface area contributed by atoms with Crippen LogP contribution in [0.1, 0.15) is 44.2 Å². The van der Waals surface area contributed by atoms with E-state index in [9.17, 15) is 5.11 Å². The molecule has 1 aromatic heterocycles. The average molecular weight is 248 g/mol. The first kappa shape index (κ1) is 11.9. The van der Waals surface area contributed by atoms with E-state index in [1.807, 2.05) is 0 Å². The van der Waals surface area contributed by atoms with Crippen molar-refractivity contribution in [3.05, 3.63) is 18.1 Å². The smallest absolute Gasteiger partial charge is 0.238 e. The van der Waals surface area contributed by atoms with Gasteiger partial charge in [-0.25, -0.2) is 4.98 Å². The molecule has 2 fully saturated rings. The molecule has 4 heteroatoms. The van der Waals surface area contributed by atoms with Gasteiger partial charge in [-0.15, -0.1) is 0 Å². The minimum Gasteiger partial charge on any atom is -0.480 e. The molecule has 1 heterocycles. The third-order valence-corrected chi connectivity index (χ3v) is 4.35. The van der Waals surface area contributed by atoms with Crippen LogP contribution in [0.3, 0.4) is 0 Å². The van der Waals surface area contributed by atoms with Gasteiger partial charge in [0, 0.05) is 12.4 Å². The Balaban J connectivity index is 1.87. The monoisotopic (exact) mass is 248 g/mol. The van der Waals surface area contributed by atoms with Crippen molar-refractivity contribution in [3.8, 4) is 5.88 Å². The van der Waals surface area contributed by atoms with Crippen molar-refractivity contribution in [2.75, 3.05) is 7.11 Å². The molecule has 2 aliphatic carbocycles. The van der Waals surface area contributed by atoms with E-state index in [2.05, 4.69) is 9.97 Å². The van der Waals surface area contributed by atoms with Crippen molar-refractivity contribution in [1.82, 2.24) is 9.97 Å². The van der Waals surface area contributed by atoms with Crippen molar-refractivity contribution in [1.29, 1.82) is 0 Å². The van der Waals surface area contributed by atoms with Crippen LogP contribution < -0.4 is 4.74 Å². The SMILES string of the molecule is COc1nccnc1C1(O)CCCC(C2CC2)C1. The summed E-state index contributed by atoms with van der Waals surface area (Å²) in [6.07, 6.45) is 9.80. The summed E-state index contributed by atoms with van der Waals surface area (Å²) in [4.78, 5) is 8.48. The molecule has 98 valence electrons. The standard InChI is InChI=1S/C14H20N2O2/c1-18-13-12(15-7-8-16-13)14(17)6-2-3-11(9-14)10-4-5-10/h7-8,10-11,17H,2-6,9H2,1H3. The zero-order valence-electron chi connectivity index (χ0n) is 10.8. The van der Waals surface area contributed by atoms with E-state index in [0.29, 0.717) is 17.5 Å². The Morgan fingerprint density at radius 1 is 1.22 bits per heavy atom. The van der Waals surface area contributed by atoms with E-state index in [-0.39, 0.29) is 0 Å². The largest absolute Gasteiger partial charge is 0.480 e. The summed E-state index contributed by atoms with van der Waals surface area (Å²) in [6.45, 7) is 0. The van der Waals surface area contributed by atoms with Gasteiger partial charge < -0.3 is 9.84 Å². The number of ether oxygens (including phenoxy) is 1. The lowest BCUT2D eigenvalue weighted by Crippen LogP contribution is -2.34. The first-order valence-electron chi connectivity index (χ1n) is 6.81. The number of aromatic nitrogens is 2. The van der Waals surface area contributed by atoms with E-state index in [0.717, 1.165) is 25.2 Å². The van der Waals surface area contributed by atoms with Crippen LogP contribution in [0.2, 0.25) is 0 Å². The predicted molar refractivity (Wildman–Crippen MR) is 67.2 cm³/mol. The summed E-state index contributed by atoms with van der Waals surface area (Å²) < 4.78 is 5.24. The third kappa shape index (κ3) is 2.09. The average Bonchev–Trinajstić information content (AvgIpc) is 3.23. The molecule has 2 saturated carbocycles. The van der Waals surface area contributed by atoms with E-state index >= 15 is 0 Å². The van der Waals surface area contributed by atoms with Gasteiger partial charge in [0.1, 0.15) is 11.3 Å². The summed E-state index contributed by atoms with van der Waals surface area (Å²) in [5, 5.41) is 10.9. The maximum Gasteiger partial charge on any atom is 0.238 e. The molecular weight excluding hydrogens is 228 g/mol. The molecule has 0 amide bonds. The molecule has 1 N–H and O–H groups in total. The van der Waals surface area contributed by atoms with Crippen molar-refractivity contribution in [2.24, 2.45) is 11.8 Å². The number of hydrogen-bond acceptors (Lipinski definition) is 4. The van der Waals surface area contributed by atoms with Gasteiger partial charge in [0.2, 0.25) is 5.88 Å². The second-order valence-electron chi connectivity index (χ2n) is 5.64. The van der Waals surface area contributed by atoms with Crippen LogP contribution in [0.15, 0.2) is 12.4 Å². The fourth-order valence-corrected chi connectivity index (χ4v) is 3.27. The normalized spacial score (nSPS) is 32.2. The summed E-state index contributed by atoms with van der Waals surface area (Å²) in [6, 6.07) is 0. The van der Waals surface area contributed by atoms with Crippen LogP contribution in [0.25, 0.3) is 0 Å². The lowest BCUT2D eigenvalue weighted by atomic mass is 9.74. The Hall–Kier alpha value is -1.16. The minimum atomic E-state index is -0.842. The number of nitrogens with zero attached hydrogens (tertiary/aromatic N) is 2. The van der Waals surface area contributed by atoms with Gasteiger partial charge in [-0.1, -0.05) is 0 Å². The Labute approximate surface area is 107 Å². The lowest BCUT2D eigenvalue weighted by molar-refractivity contribution is -0.0309. The van der Waals surface area contributed by atoms with Gasteiger partial charge in [0.05, 0.1) is 7.11 Å². The zero-order chi connectivity index (χ0) is 12.6. The molecule has 0 bridgehead atoms. The molecule has 4 nitrogen and oxygen atoms in total. The van der Waals surface area contributed by atoms with Crippen molar-refractivity contribution in [3.63, 3.8) is 0 Å². The molecule has 0 radical (unpaired) electrons. The highest BCUT2D eigenvalue weighted by molar-refractivity contribution is 5.25. The van der Waals surface area contributed by atoms with Crippen molar-refractivity contribution >= 4 is 0 Å². The second-order valence-corrected chi connectivity index (χ2v) is 5.64. The van der Waals surface area contributed by atoms with Gasteiger partial charge in [-0.2, -0.15) is 0 Å². The van der Waals surface area contributed by atoms with Gasteiger partial charge in [-0.05, 0) is 50.4 Å². The van der Waals surface area contributed by atoms with Crippen LogP contribution in [0, 0.1) is 11.8 Å². The molecule has 3 rings (SSSR count). The number of hydrogen-bond donors (Lipinski definition) is 1. The second kappa shape index (κ2) is 4.50. The Bertz CT molecular complexity index is 434. The maximum atomic E-state index is 10.9. The molecule has 0 spiro atoms. The first-order valence-corrected chi connectivity index (χ1v) is 6.81. The number of rotatable bonds is 3. The Kier molecular flexibility index (Phi) is 2.98. The van der Waals surface area contributed by atoms with Crippen molar-refractivity contribution < 1.29 is 9.84 Å². The highest BCUT2D eigenvalue weighted by Crippen LogP contribution is 2.50. The van der Waals surface area contributed by atoms with Crippen LogP contribution in [-0.2, 0) is 5.60 Å². The highest BCUT2D eigenvalue weighted by atomic mass is 16.5. The number of aliphatic hydroxyl groups is 1. The molecule has 2 atom stereocenters. The molecule has 0 aliphatic heterocycles. The third-order valence-electron chi connectivity index (χ3n) is 4.35. The van der Waals surface area contributed by atoms with Gasteiger partial charge in [0.15, 0.2) is 0 Å². The quantitative estimate of drug-likeness (QED) is 0.891. The fraction of sp³-hybridized carbons (Fsp3) is 0.714. The topological polar surface area (TPSA) is 55.2 Å². The highest BCUT2D eigenvalue weighted by Gasteiger charge is 2.44. The predicted octanol–water partition coefficient (Wildman–Crippen LogP) is 2.27. The van der Waals surface area contributed by atoms with E-state index in [1.165, 1.54) is 19.3 Å². The van der Waals surface area contributed by atoms with Gasteiger partial charge in [0.25, 0.3) is 0 Å². The summed E-state index contributed by atoms with van der Waals surface area (Å²) >= 11 is 0. The Morgan fingerprint density at radius 3 is 2.72 bits per heavy atom. The van der Waals surface area contributed by atoms with Crippen molar-refractivity contribution in [2.45, 2.75) is 44.1 Å². The molecular formula is C14H20N2O2. The van der Waals surface area contributed by atoms with E-state index in [1.54, 1.807) is 19.5 Å². The van der Waals surface area contributed by atoms with Gasteiger partial charge >= 0.3 is 0 Å². The van der Waals surface area contributed by atoms with E-state index in [4.69, 9.17) is 4.74 Å². The van der Waals surface area contributed by atoms with Crippen LogP contribution >= 0.6 is 0 Å². The minimum absolute atomic E-state index is 0.469. The molecule has 0 saturated heterocycles. The van der Waals surface area contributed by atoms with E-state index < -0.39 is 5.60 Å². The molecule has 18 heavy (non-hydrogen) atoms. The lowest BCUT2D eigenvalue weighted by Gasteiger charge is -2.36. The summed E-state index contributed by atoms with van der Waals surface area (Å²) in [7, 11) is 1.58. The van der Waals surface area contributed by atoms with Crippen LogP contribution in [0.4, 0.5) is 0 Å². The first-order chi connectivity index (χ1) is 8.73. The zero-order valence-corrected chi connectivity index (χ0v) is 10.8. The number of methoxy groups -OCH3 is 1. The molecule has 2 aliphatic rings. The summed E-state index contributed by atoms with van der Waals surface area (Å²) in [5.74, 6) is 1.95. The maximum absolute atomic E-state index is 10.9. The van der Waals surface area contributed by atoms with Crippen LogP contribution in [0.5, 0.6) is 5.88 Å². The van der Waals surface area contributed by atoms with Gasteiger partial charge in [-0.3, -0.25) is 4.98 Å². The van der Waals surface area contributed by atoms with Crippen LogP contribution in [-0.4, -0.2) is 22.2 Å². The summed E-state index contributed by atoms with van der Waals surface area (Å²) in [5.41, 5.74) is -0.219. The molecule has 2 unspecified atom stereocenters. The fourth-order valence-electron chi connectivity index (χ4n) is 3.27. The Morgan fingerprint density at radius 2 is 2.00 bits per heavy atom. The molecule has 1 aromatic rings. The molecule has 0 aromatic carbocycles.